The van der Waals surface area contributed by atoms with E-state index in [1.54, 1.807) is 59.2 Å². The van der Waals surface area contributed by atoms with Crippen LogP contribution in [0.4, 0.5) is 13.2 Å². The molecule has 0 aliphatic rings. The van der Waals surface area contributed by atoms with Crippen LogP contribution in [0.2, 0.25) is 0 Å². The lowest BCUT2D eigenvalue weighted by molar-refractivity contribution is -0.137. The predicted octanol–water partition coefficient (Wildman–Crippen LogP) is 16.5. The molecule has 0 bridgehead atoms. The summed E-state index contributed by atoms with van der Waals surface area (Å²) >= 11 is 0. The van der Waals surface area contributed by atoms with Crippen LogP contribution in [0.5, 0.6) is 0 Å². The summed E-state index contributed by atoms with van der Waals surface area (Å²) in [6.45, 7) is 0. The van der Waals surface area contributed by atoms with Gasteiger partial charge in [0, 0.05) is 32.7 Å². The molecule has 0 atom stereocenters. The van der Waals surface area contributed by atoms with Crippen molar-refractivity contribution >= 4 is 43.6 Å². The van der Waals surface area contributed by atoms with Gasteiger partial charge < -0.3 is 9.13 Å². The first-order valence-electron chi connectivity index (χ1n) is 24.4. The lowest BCUT2D eigenvalue weighted by Gasteiger charge is -2.23. The third-order valence-electron chi connectivity index (χ3n) is 14.5. The zero-order valence-corrected chi connectivity index (χ0v) is 40.8. The van der Waals surface area contributed by atoms with E-state index in [1.807, 2.05) is 132 Å². The summed E-state index contributed by atoms with van der Waals surface area (Å²) < 4.78 is 50.7. The fourth-order valence-corrected chi connectivity index (χ4v) is 11.0. The number of fused-ring (bicyclic) bond motifs is 6. The molecule has 0 amide bonds. The molecule has 362 valence electrons. The normalized spacial score (nSPS) is 11.2. The van der Waals surface area contributed by atoms with Crippen molar-refractivity contribution in [3.8, 4) is 103 Å². The van der Waals surface area contributed by atoms with Crippen molar-refractivity contribution in [2.45, 2.75) is 6.18 Å². The van der Waals surface area contributed by atoms with Crippen molar-refractivity contribution < 1.29 is 13.2 Å². The Labute approximate surface area is 444 Å². The van der Waals surface area contributed by atoms with Gasteiger partial charge in [0.25, 0.3) is 0 Å². The summed E-state index contributed by atoms with van der Waals surface area (Å²) in [5.41, 5.74) is 7.16. The smallest absolute Gasteiger partial charge is 0.308 e. The maximum absolute atomic E-state index is 15.7. The third kappa shape index (κ3) is 7.57. The Morgan fingerprint density at radius 2 is 0.667 bits per heavy atom. The average molecular weight is 1010 g/mol. The molecule has 12 aromatic rings. The Kier molecular flexibility index (Phi) is 11.4. The predicted molar refractivity (Wildman–Crippen MR) is 296 cm³/mol. The molecular formula is C67H33F3N8. The van der Waals surface area contributed by atoms with E-state index in [-0.39, 0.29) is 28.1 Å². The molecule has 0 aliphatic carbocycles. The molecule has 0 N–H and O–H groups in total. The number of alkyl halides is 3. The Balaban J connectivity index is 1.29. The minimum absolute atomic E-state index is 0.0200. The first-order chi connectivity index (χ1) is 38.1. The molecule has 0 saturated carbocycles. The van der Waals surface area contributed by atoms with Crippen LogP contribution >= 0.6 is 0 Å². The van der Waals surface area contributed by atoms with Crippen molar-refractivity contribution in [3.63, 3.8) is 0 Å². The van der Waals surface area contributed by atoms with Crippen LogP contribution in [0.25, 0.3) is 111 Å². The summed E-state index contributed by atoms with van der Waals surface area (Å²) in [6.07, 6.45) is -4.97. The first-order valence-corrected chi connectivity index (χ1v) is 24.4. The molecule has 0 aliphatic heterocycles. The Hall–Kier alpha value is -11.5. The van der Waals surface area contributed by atoms with Gasteiger partial charge in [-0.2, -0.15) is 44.7 Å². The van der Waals surface area contributed by atoms with Crippen LogP contribution in [0.3, 0.4) is 0 Å². The lowest BCUT2D eigenvalue weighted by Crippen LogP contribution is -2.11. The second kappa shape index (κ2) is 18.8. The van der Waals surface area contributed by atoms with Crippen LogP contribution in [0.15, 0.2) is 200 Å². The van der Waals surface area contributed by atoms with Gasteiger partial charge in [-0.05, 0) is 111 Å². The highest BCUT2D eigenvalue weighted by Gasteiger charge is 2.37. The molecule has 0 fully saturated rings. The highest BCUT2D eigenvalue weighted by atomic mass is 19.4. The summed E-state index contributed by atoms with van der Waals surface area (Å²) in [6, 6.07) is 71.5. The summed E-state index contributed by atoms with van der Waals surface area (Å²) in [7, 11) is 0. The second-order valence-corrected chi connectivity index (χ2v) is 18.5. The van der Waals surface area contributed by atoms with Gasteiger partial charge in [0.05, 0.1) is 97.2 Å². The quantitative estimate of drug-likeness (QED) is 0.155. The number of nitriles is 6. The van der Waals surface area contributed by atoms with Crippen LogP contribution in [-0.4, -0.2) is 9.13 Å². The number of rotatable bonds is 7. The van der Waals surface area contributed by atoms with Gasteiger partial charge >= 0.3 is 6.18 Å². The minimum Gasteiger partial charge on any atom is -0.308 e. The fraction of sp³-hybridized carbons (Fsp3) is 0.0149. The number of aromatic nitrogens is 2. The van der Waals surface area contributed by atoms with Crippen molar-refractivity contribution in [1.29, 1.82) is 31.6 Å². The molecule has 0 saturated heterocycles. The molecule has 8 nitrogen and oxygen atoms in total. The maximum atomic E-state index is 15.7. The van der Waals surface area contributed by atoms with E-state index in [0.29, 0.717) is 99.6 Å². The van der Waals surface area contributed by atoms with E-state index in [0.717, 1.165) is 16.8 Å². The summed E-state index contributed by atoms with van der Waals surface area (Å²) in [5, 5.41) is 66.9. The van der Waals surface area contributed by atoms with Crippen molar-refractivity contribution in [2.75, 3.05) is 0 Å². The van der Waals surface area contributed by atoms with E-state index in [1.165, 1.54) is 18.2 Å². The largest absolute Gasteiger partial charge is 0.417 e. The summed E-state index contributed by atoms with van der Waals surface area (Å²) in [5.74, 6) is 0. The number of nitrogens with zero attached hydrogens (tertiary/aromatic N) is 8. The van der Waals surface area contributed by atoms with E-state index >= 15 is 13.2 Å². The standard InChI is InChI=1S/C67H33F3N8/c68-67(69,70)59-19-9-14-48(38-75)65(59)57-28-29-60(77-61-30-40(49-15-5-1-10-44(49)34-71)20-24-53(61)54-25-21-41(31-62(54)77)50-16-6-2-11-45(50)35-72)58(39-76)66(57)78-63-32-42(51-17-7-3-12-46(51)36-73)22-26-55(63)56-27-23-43(33-64(56)78)52-18-8-4-13-47(52)37-74/h1-33H. The van der Waals surface area contributed by atoms with Gasteiger partial charge in [-0.3, -0.25) is 0 Å². The van der Waals surface area contributed by atoms with Gasteiger partial charge in [-0.25, -0.2) is 0 Å². The Morgan fingerprint density at radius 3 is 1.01 bits per heavy atom. The zero-order valence-electron chi connectivity index (χ0n) is 40.8. The highest BCUT2D eigenvalue weighted by molar-refractivity contribution is 6.14. The highest BCUT2D eigenvalue weighted by Crippen LogP contribution is 2.48. The number of benzene rings is 10. The molecule has 11 heteroatoms. The molecule has 12 rings (SSSR count). The van der Waals surface area contributed by atoms with Crippen molar-refractivity contribution in [3.05, 3.63) is 239 Å². The topological polar surface area (TPSA) is 153 Å². The Morgan fingerprint density at radius 1 is 0.321 bits per heavy atom. The van der Waals surface area contributed by atoms with Crippen molar-refractivity contribution in [1.82, 2.24) is 9.13 Å². The molecule has 78 heavy (non-hydrogen) atoms. The number of hydrogen-bond donors (Lipinski definition) is 0. The molecule has 0 spiro atoms. The van der Waals surface area contributed by atoms with Gasteiger partial charge in [0.15, 0.2) is 0 Å². The average Bonchev–Trinajstić information content (AvgIpc) is 4.04. The lowest BCUT2D eigenvalue weighted by atomic mass is 9.90. The molecule has 2 heterocycles. The fourth-order valence-electron chi connectivity index (χ4n) is 11.0. The van der Waals surface area contributed by atoms with Gasteiger partial charge in [-0.1, -0.05) is 133 Å². The maximum Gasteiger partial charge on any atom is 0.417 e. The number of hydrogen-bond acceptors (Lipinski definition) is 6. The molecule has 10 aromatic carbocycles. The molecule has 0 unspecified atom stereocenters. The third-order valence-corrected chi connectivity index (χ3v) is 14.5. The Bertz CT molecular complexity index is 4590. The van der Waals surface area contributed by atoms with E-state index in [2.05, 4.69) is 30.3 Å². The van der Waals surface area contributed by atoms with E-state index in [9.17, 15) is 31.6 Å². The van der Waals surface area contributed by atoms with Crippen molar-refractivity contribution in [2.24, 2.45) is 0 Å². The minimum atomic E-state index is -4.97. The summed E-state index contributed by atoms with van der Waals surface area (Å²) in [4.78, 5) is 0. The van der Waals surface area contributed by atoms with Crippen LogP contribution < -0.4 is 0 Å². The van der Waals surface area contributed by atoms with Crippen LogP contribution in [-0.2, 0) is 6.18 Å². The van der Waals surface area contributed by atoms with Gasteiger partial charge in [0.1, 0.15) is 11.6 Å². The number of halogens is 3. The van der Waals surface area contributed by atoms with Crippen LogP contribution in [0, 0.1) is 68.0 Å². The first kappa shape index (κ1) is 47.5. The monoisotopic (exact) mass is 1010 g/mol. The molecular weight excluding hydrogens is 974 g/mol. The van der Waals surface area contributed by atoms with E-state index in [4.69, 9.17) is 0 Å². The zero-order chi connectivity index (χ0) is 53.8. The SMILES string of the molecule is N#Cc1ccccc1-c1ccc2c3ccc(-c4ccccc4C#N)cc3n(-c3ccc(-c4c(C#N)cccc4C(F)(F)F)c(-n4c5cc(-c6ccccc6C#N)ccc5c5ccc(-c6ccccc6C#N)cc54)c3C#N)c2c1. The molecule has 0 radical (unpaired) electrons. The van der Waals surface area contributed by atoms with Gasteiger partial charge in [-0.15, -0.1) is 0 Å². The van der Waals surface area contributed by atoms with Gasteiger partial charge in [0.2, 0.25) is 0 Å². The molecule has 2 aromatic heterocycles. The van der Waals surface area contributed by atoms with E-state index < -0.39 is 17.3 Å². The van der Waals surface area contributed by atoms with Crippen LogP contribution in [0.1, 0.15) is 38.9 Å². The second-order valence-electron chi connectivity index (χ2n) is 18.5.